The number of rotatable bonds is 10. The van der Waals surface area contributed by atoms with Crippen LogP contribution in [0.5, 0.6) is 0 Å². The fraction of sp³-hybridized carbons (Fsp3) is 0.450. The number of aryl methyl sites for hydroxylation is 2. The molecule has 0 spiro atoms. The lowest BCUT2D eigenvalue weighted by Crippen LogP contribution is -2.32. The van der Waals surface area contributed by atoms with Gasteiger partial charge in [0.15, 0.2) is 0 Å². The predicted octanol–water partition coefficient (Wildman–Crippen LogP) is 1.25. The summed E-state index contributed by atoms with van der Waals surface area (Å²) in [6, 6.07) is 5.17. The van der Waals surface area contributed by atoms with Gasteiger partial charge >= 0.3 is 0 Å². The normalized spacial score (nSPS) is 10.8. The van der Waals surface area contributed by atoms with Gasteiger partial charge in [0.25, 0.3) is 11.8 Å². The Bertz CT molecular complexity index is 851. The first-order chi connectivity index (χ1) is 13.8. The van der Waals surface area contributed by atoms with Gasteiger partial charge in [0.1, 0.15) is 11.4 Å². The zero-order chi connectivity index (χ0) is 21.4. The first-order valence-electron chi connectivity index (χ1n) is 9.61. The van der Waals surface area contributed by atoms with Crippen molar-refractivity contribution in [1.82, 2.24) is 24.7 Å². The SMILES string of the molecule is CN(C)CCCNC(=N)CCNC(=O)c1cc(NC(=O)c2cccn2C)cn1C. The molecular formula is C20H31N7O2. The Morgan fingerprint density at radius 1 is 1.07 bits per heavy atom. The van der Waals surface area contributed by atoms with Gasteiger partial charge in [-0.25, -0.2) is 0 Å². The van der Waals surface area contributed by atoms with Crippen LogP contribution in [0.4, 0.5) is 5.69 Å². The average Bonchev–Trinajstić information content (AvgIpc) is 3.24. The molecule has 0 radical (unpaired) electrons. The maximum atomic E-state index is 12.4. The second-order valence-corrected chi connectivity index (χ2v) is 7.25. The van der Waals surface area contributed by atoms with Crippen LogP contribution in [0.2, 0.25) is 0 Å². The van der Waals surface area contributed by atoms with Gasteiger partial charge in [0.05, 0.1) is 11.5 Å². The number of nitrogens with zero attached hydrogens (tertiary/aromatic N) is 3. The molecule has 2 heterocycles. The number of amidine groups is 1. The van der Waals surface area contributed by atoms with E-state index >= 15 is 0 Å². The highest BCUT2D eigenvalue weighted by Gasteiger charge is 2.15. The lowest BCUT2D eigenvalue weighted by atomic mass is 10.3. The maximum absolute atomic E-state index is 12.4. The highest BCUT2D eigenvalue weighted by molar-refractivity contribution is 6.04. The smallest absolute Gasteiger partial charge is 0.272 e. The third-order valence-electron chi connectivity index (χ3n) is 4.45. The van der Waals surface area contributed by atoms with Crippen molar-refractivity contribution >= 4 is 23.3 Å². The summed E-state index contributed by atoms with van der Waals surface area (Å²) in [4.78, 5) is 26.8. The molecule has 158 valence electrons. The lowest BCUT2D eigenvalue weighted by molar-refractivity contribution is 0.0945. The van der Waals surface area contributed by atoms with Gasteiger partial charge in [-0.05, 0) is 45.3 Å². The van der Waals surface area contributed by atoms with E-state index in [1.165, 1.54) is 0 Å². The number of nitrogens with one attached hydrogen (secondary N) is 4. The Hall–Kier alpha value is -3.07. The van der Waals surface area contributed by atoms with Crippen molar-refractivity contribution in [3.05, 3.63) is 42.0 Å². The molecule has 2 amide bonds. The number of anilines is 1. The van der Waals surface area contributed by atoms with E-state index in [-0.39, 0.29) is 11.8 Å². The van der Waals surface area contributed by atoms with Gasteiger partial charge in [-0.15, -0.1) is 0 Å². The van der Waals surface area contributed by atoms with E-state index in [2.05, 4.69) is 20.9 Å². The number of amides is 2. The van der Waals surface area contributed by atoms with E-state index in [9.17, 15) is 9.59 Å². The van der Waals surface area contributed by atoms with Gasteiger partial charge in [0.2, 0.25) is 0 Å². The van der Waals surface area contributed by atoms with E-state index < -0.39 is 0 Å². The zero-order valence-corrected chi connectivity index (χ0v) is 17.6. The van der Waals surface area contributed by atoms with Crippen LogP contribution in [0.15, 0.2) is 30.6 Å². The predicted molar refractivity (Wildman–Crippen MR) is 115 cm³/mol. The largest absolute Gasteiger partial charge is 0.374 e. The maximum Gasteiger partial charge on any atom is 0.272 e. The number of hydrogen-bond acceptors (Lipinski definition) is 4. The molecule has 2 aromatic rings. The quantitative estimate of drug-likeness (QED) is 0.273. The number of carbonyl (C=O) groups is 2. The molecule has 9 nitrogen and oxygen atoms in total. The van der Waals surface area contributed by atoms with Crippen LogP contribution in [0.3, 0.4) is 0 Å². The summed E-state index contributed by atoms with van der Waals surface area (Å²) in [5.74, 6) is -0.0671. The van der Waals surface area contributed by atoms with E-state index in [0.29, 0.717) is 35.9 Å². The molecule has 0 aliphatic carbocycles. The van der Waals surface area contributed by atoms with E-state index in [1.54, 1.807) is 53.8 Å². The fourth-order valence-electron chi connectivity index (χ4n) is 2.87. The van der Waals surface area contributed by atoms with E-state index in [0.717, 1.165) is 19.5 Å². The molecule has 0 fully saturated rings. The van der Waals surface area contributed by atoms with Crippen molar-refractivity contribution in [3.63, 3.8) is 0 Å². The van der Waals surface area contributed by atoms with Crippen molar-refractivity contribution in [2.24, 2.45) is 14.1 Å². The molecule has 0 saturated carbocycles. The first-order valence-corrected chi connectivity index (χ1v) is 9.61. The molecule has 2 aromatic heterocycles. The standard InChI is InChI=1S/C20H31N7O2/c1-25(2)11-6-9-22-18(21)8-10-23-19(28)17-13-15(14-27(17)4)24-20(29)16-7-5-12-26(16)3/h5,7,12-14H,6,8-11H2,1-4H3,(H2,21,22)(H,23,28)(H,24,29). The van der Waals surface area contributed by atoms with Crippen molar-refractivity contribution in [2.75, 3.05) is 39.0 Å². The molecule has 0 aromatic carbocycles. The summed E-state index contributed by atoms with van der Waals surface area (Å²) in [6.07, 6.45) is 4.90. The van der Waals surface area contributed by atoms with Crippen LogP contribution in [-0.2, 0) is 14.1 Å². The minimum Gasteiger partial charge on any atom is -0.374 e. The molecule has 0 saturated heterocycles. The third-order valence-corrected chi connectivity index (χ3v) is 4.45. The van der Waals surface area contributed by atoms with Crippen LogP contribution in [0.25, 0.3) is 0 Å². The molecule has 0 bridgehead atoms. The lowest BCUT2D eigenvalue weighted by Gasteiger charge is -2.11. The van der Waals surface area contributed by atoms with Gasteiger partial charge in [-0.3, -0.25) is 15.0 Å². The summed E-state index contributed by atoms with van der Waals surface area (Å²) >= 11 is 0. The second-order valence-electron chi connectivity index (χ2n) is 7.25. The second kappa shape index (κ2) is 10.5. The molecule has 0 aliphatic rings. The van der Waals surface area contributed by atoms with Crippen molar-refractivity contribution in [3.8, 4) is 0 Å². The van der Waals surface area contributed by atoms with Gasteiger partial charge < -0.3 is 30.0 Å². The van der Waals surface area contributed by atoms with Crippen LogP contribution < -0.4 is 16.0 Å². The van der Waals surface area contributed by atoms with Crippen LogP contribution in [-0.4, -0.2) is 65.4 Å². The molecule has 9 heteroatoms. The minimum absolute atomic E-state index is 0.233. The van der Waals surface area contributed by atoms with Crippen LogP contribution >= 0.6 is 0 Å². The summed E-state index contributed by atoms with van der Waals surface area (Å²) in [6.45, 7) is 2.08. The Labute approximate surface area is 171 Å². The fourth-order valence-corrected chi connectivity index (χ4v) is 2.87. The third kappa shape index (κ3) is 6.79. The number of carbonyl (C=O) groups excluding carboxylic acids is 2. The summed E-state index contributed by atoms with van der Waals surface area (Å²) < 4.78 is 3.40. The zero-order valence-electron chi connectivity index (χ0n) is 17.6. The van der Waals surface area contributed by atoms with Crippen LogP contribution in [0, 0.1) is 5.41 Å². The number of hydrogen-bond donors (Lipinski definition) is 4. The van der Waals surface area contributed by atoms with Crippen molar-refractivity contribution in [2.45, 2.75) is 12.8 Å². The number of aromatic nitrogens is 2. The van der Waals surface area contributed by atoms with E-state index in [4.69, 9.17) is 5.41 Å². The van der Waals surface area contributed by atoms with Crippen molar-refractivity contribution < 1.29 is 9.59 Å². The van der Waals surface area contributed by atoms with Gasteiger partial charge in [0, 0.05) is 46.0 Å². The first kappa shape index (κ1) is 22.2. The monoisotopic (exact) mass is 401 g/mol. The molecule has 0 atom stereocenters. The summed E-state index contributed by atoms with van der Waals surface area (Å²) in [5, 5.41) is 16.6. The summed E-state index contributed by atoms with van der Waals surface area (Å²) in [5.41, 5.74) is 1.54. The van der Waals surface area contributed by atoms with Crippen LogP contribution in [0.1, 0.15) is 33.8 Å². The molecule has 0 aliphatic heterocycles. The molecular weight excluding hydrogens is 370 g/mol. The highest BCUT2D eigenvalue weighted by atomic mass is 16.2. The molecule has 4 N–H and O–H groups in total. The summed E-state index contributed by atoms with van der Waals surface area (Å²) in [7, 11) is 7.58. The van der Waals surface area contributed by atoms with Gasteiger partial charge in [-0.2, -0.15) is 0 Å². The minimum atomic E-state index is -0.243. The average molecular weight is 402 g/mol. The Morgan fingerprint density at radius 2 is 1.83 bits per heavy atom. The van der Waals surface area contributed by atoms with Crippen molar-refractivity contribution in [1.29, 1.82) is 5.41 Å². The molecule has 2 rings (SSSR count). The molecule has 29 heavy (non-hydrogen) atoms. The van der Waals surface area contributed by atoms with E-state index in [1.807, 2.05) is 14.1 Å². The highest BCUT2D eigenvalue weighted by Crippen LogP contribution is 2.14. The Balaban J connectivity index is 1.79. The Kier molecular flexibility index (Phi) is 8.02. The Morgan fingerprint density at radius 3 is 2.48 bits per heavy atom. The van der Waals surface area contributed by atoms with Gasteiger partial charge in [-0.1, -0.05) is 0 Å². The molecule has 0 unspecified atom stereocenters. The topological polar surface area (TPSA) is 107 Å².